The van der Waals surface area contributed by atoms with Crippen LogP contribution in [0.1, 0.15) is 49.3 Å². The van der Waals surface area contributed by atoms with Gasteiger partial charge in [-0.3, -0.25) is 0 Å². The summed E-state index contributed by atoms with van der Waals surface area (Å²) in [5.41, 5.74) is 1.85. The van der Waals surface area contributed by atoms with Crippen molar-refractivity contribution < 1.29 is 14.9 Å². The molecule has 3 N–H and O–H groups in total. The van der Waals surface area contributed by atoms with Crippen molar-refractivity contribution in [1.29, 1.82) is 0 Å². The maximum absolute atomic E-state index is 10.3. The van der Waals surface area contributed by atoms with Crippen molar-refractivity contribution in [3.8, 4) is 11.5 Å². The minimum absolute atomic E-state index is 0. The van der Waals surface area contributed by atoms with Crippen molar-refractivity contribution in [2.24, 2.45) is 5.92 Å². The van der Waals surface area contributed by atoms with Crippen LogP contribution < -0.4 is 5.32 Å². The molecule has 1 saturated carbocycles. The highest BCUT2D eigenvalue weighted by Gasteiger charge is 2.34. The van der Waals surface area contributed by atoms with Crippen LogP contribution in [-0.4, -0.2) is 29.4 Å². The number of aromatic hydroxyl groups is 2. The maximum atomic E-state index is 10.3. The van der Waals surface area contributed by atoms with Crippen molar-refractivity contribution in [3.05, 3.63) is 35.9 Å². The predicted octanol–water partition coefficient (Wildman–Crippen LogP) is 3.86. The number of nitrogens with one attached hydrogen (secondary N) is 1. The van der Waals surface area contributed by atoms with Gasteiger partial charge in [0.2, 0.25) is 0 Å². The van der Waals surface area contributed by atoms with Crippen LogP contribution in [0.3, 0.4) is 0 Å². The molecule has 4 nitrogen and oxygen atoms in total. The smallest absolute Gasteiger partial charge is 0.161 e. The van der Waals surface area contributed by atoms with Crippen molar-refractivity contribution >= 4 is 12.4 Å². The average molecular weight is 354 g/mol. The minimum Gasteiger partial charge on any atom is -0.504 e. The van der Waals surface area contributed by atoms with Crippen LogP contribution in [0.15, 0.2) is 24.8 Å². The van der Waals surface area contributed by atoms with E-state index in [2.05, 4.69) is 11.9 Å². The average Bonchev–Trinajstić information content (AvgIpc) is 2.59. The molecule has 1 fully saturated rings. The van der Waals surface area contributed by atoms with Gasteiger partial charge in [-0.25, -0.2) is 0 Å². The number of hydrogen-bond acceptors (Lipinski definition) is 4. The second kappa shape index (κ2) is 8.75. The van der Waals surface area contributed by atoms with Gasteiger partial charge in [0.1, 0.15) is 0 Å². The fourth-order valence-electron chi connectivity index (χ4n) is 3.95. The molecule has 3 rings (SSSR count). The van der Waals surface area contributed by atoms with Gasteiger partial charge in [-0.15, -0.1) is 19.0 Å². The third-order valence-corrected chi connectivity index (χ3v) is 5.18. The summed E-state index contributed by atoms with van der Waals surface area (Å²) in [5.74, 6) is 0.548. The molecule has 1 heterocycles. The Kier molecular flexibility index (Phi) is 6.96. The molecule has 0 aromatic heterocycles. The number of halogens is 1. The number of benzene rings is 1. The molecule has 2 unspecified atom stereocenters. The summed E-state index contributed by atoms with van der Waals surface area (Å²) in [4.78, 5) is 0. The van der Waals surface area contributed by atoms with E-state index in [4.69, 9.17) is 4.74 Å². The lowest BCUT2D eigenvalue weighted by molar-refractivity contribution is -0.0623. The van der Waals surface area contributed by atoms with E-state index in [9.17, 15) is 10.2 Å². The summed E-state index contributed by atoms with van der Waals surface area (Å²) in [6.45, 7) is 5.14. The molecule has 2 atom stereocenters. The van der Waals surface area contributed by atoms with Crippen LogP contribution in [0.4, 0.5) is 0 Å². The Bertz CT molecular complexity index is 558. The largest absolute Gasteiger partial charge is 0.504 e. The fourth-order valence-corrected chi connectivity index (χ4v) is 3.95. The minimum atomic E-state index is -0.0860. The lowest BCUT2D eigenvalue weighted by atomic mass is 9.80. The highest BCUT2D eigenvalue weighted by molar-refractivity contribution is 5.85. The Labute approximate surface area is 150 Å². The van der Waals surface area contributed by atoms with Crippen LogP contribution in [0.5, 0.6) is 11.5 Å². The zero-order valence-electron chi connectivity index (χ0n) is 14.0. The van der Waals surface area contributed by atoms with E-state index in [-0.39, 0.29) is 36.1 Å². The zero-order chi connectivity index (χ0) is 16.2. The molecule has 1 aromatic carbocycles. The maximum Gasteiger partial charge on any atom is 0.161 e. The molecular formula is C19H28ClNO3. The fraction of sp³-hybridized carbons (Fsp3) is 0.579. The van der Waals surface area contributed by atoms with Crippen LogP contribution in [0.2, 0.25) is 0 Å². The molecule has 0 amide bonds. The molecule has 134 valence electrons. The monoisotopic (exact) mass is 353 g/mol. The van der Waals surface area contributed by atoms with Gasteiger partial charge in [0.15, 0.2) is 11.5 Å². The topological polar surface area (TPSA) is 61.7 Å². The molecule has 1 aliphatic heterocycles. The number of fused-ring (bicyclic) bond motifs is 1. The molecule has 2 aliphatic rings. The van der Waals surface area contributed by atoms with E-state index in [0.717, 1.165) is 17.7 Å². The standard InChI is InChI=1S/C19H27NO3.ClH/c1-2-10-20-12-18-14-8-9-16(21)19(22)15(14)11-17(23-18)13-6-4-3-5-7-13;/h2,8-9,13,17-18,20-22H,1,3-7,10-12H2;1H. The molecule has 5 heteroatoms. The van der Waals surface area contributed by atoms with Gasteiger partial charge in [-0.1, -0.05) is 31.4 Å². The molecule has 0 radical (unpaired) electrons. The molecule has 24 heavy (non-hydrogen) atoms. The number of hydrogen-bond donors (Lipinski definition) is 3. The number of phenols is 2. The number of rotatable bonds is 5. The third-order valence-electron chi connectivity index (χ3n) is 5.18. The summed E-state index contributed by atoms with van der Waals surface area (Å²) >= 11 is 0. The van der Waals surface area contributed by atoms with Gasteiger partial charge in [-0.05, 0) is 30.4 Å². The molecular weight excluding hydrogens is 326 g/mol. The lowest BCUT2D eigenvalue weighted by Gasteiger charge is -2.38. The van der Waals surface area contributed by atoms with Crippen LogP contribution in [0, 0.1) is 5.92 Å². The summed E-state index contributed by atoms with van der Waals surface area (Å²) in [7, 11) is 0. The molecule has 0 saturated heterocycles. The van der Waals surface area contributed by atoms with E-state index >= 15 is 0 Å². The van der Waals surface area contributed by atoms with E-state index in [1.807, 2.05) is 12.1 Å². The molecule has 0 spiro atoms. The van der Waals surface area contributed by atoms with Crippen molar-refractivity contribution in [1.82, 2.24) is 5.32 Å². The van der Waals surface area contributed by atoms with Gasteiger partial charge in [-0.2, -0.15) is 0 Å². The van der Waals surface area contributed by atoms with E-state index in [1.165, 1.54) is 32.1 Å². The summed E-state index contributed by atoms with van der Waals surface area (Å²) in [6, 6.07) is 3.43. The van der Waals surface area contributed by atoms with Gasteiger partial charge in [0.25, 0.3) is 0 Å². The molecule has 1 aliphatic carbocycles. The van der Waals surface area contributed by atoms with E-state index < -0.39 is 0 Å². The lowest BCUT2D eigenvalue weighted by Crippen LogP contribution is -2.37. The number of phenolic OH excluding ortho intramolecular Hbond substituents is 2. The number of ether oxygens (including phenoxy) is 1. The van der Waals surface area contributed by atoms with Gasteiger partial charge < -0.3 is 20.3 Å². The SMILES string of the molecule is C=CCNCC1OC(C2CCCCC2)Cc2c1ccc(O)c2O.Cl. The highest BCUT2D eigenvalue weighted by atomic mass is 35.5. The van der Waals surface area contributed by atoms with E-state index in [0.29, 0.717) is 18.9 Å². The van der Waals surface area contributed by atoms with Crippen molar-refractivity contribution in [2.75, 3.05) is 13.1 Å². The highest BCUT2D eigenvalue weighted by Crippen LogP contribution is 2.43. The summed E-state index contributed by atoms with van der Waals surface area (Å²) in [6.07, 6.45) is 8.82. The second-order valence-electron chi connectivity index (χ2n) is 6.71. The van der Waals surface area contributed by atoms with Gasteiger partial charge >= 0.3 is 0 Å². The first-order valence-corrected chi connectivity index (χ1v) is 8.71. The van der Waals surface area contributed by atoms with E-state index in [1.54, 1.807) is 6.07 Å². The normalized spacial score (nSPS) is 24.0. The predicted molar refractivity (Wildman–Crippen MR) is 98.0 cm³/mol. The Morgan fingerprint density at radius 3 is 2.67 bits per heavy atom. The van der Waals surface area contributed by atoms with Crippen LogP contribution in [0.25, 0.3) is 0 Å². The Morgan fingerprint density at radius 1 is 1.21 bits per heavy atom. The van der Waals surface area contributed by atoms with Crippen molar-refractivity contribution in [3.63, 3.8) is 0 Å². The zero-order valence-corrected chi connectivity index (χ0v) is 14.9. The first-order chi connectivity index (χ1) is 11.2. The Morgan fingerprint density at radius 2 is 1.96 bits per heavy atom. The second-order valence-corrected chi connectivity index (χ2v) is 6.71. The van der Waals surface area contributed by atoms with Gasteiger partial charge in [0.05, 0.1) is 12.2 Å². The molecule has 0 bridgehead atoms. The Balaban J connectivity index is 0.00000208. The summed E-state index contributed by atoms with van der Waals surface area (Å²) < 4.78 is 6.40. The van der Waals surface area contributed by atoms with Crippen LogP contribution in [-0.2, 0) is 11.2 Å². The van der Waals surface area contributed by atoms with Crippen LogP contribution >= 0.6 is 12.4 Å². The molecule has 1 aromatic rings. The Hall–Kier alpha value is -1.23. The first kappa shape index (κ1) is 19.1. The summed E-state index contributed by atoms with van der Waals surface area (Å²) in [5, 5.41) is 23.5. The quantitative estimate of drug-likeness (QED) is 0.427. The van der Waals surface area contributed by atoms with Gasteiger partial charge in [0, 0.05) is 25.1 Å². The first-order valence-electron chi connectivity index (χ1n) is 8.71. The third kappa shape index (κ3) is 4.05. The van der Waals surface area contributed by atoms with Crippen molar-refractivity contribution in [2.45, 2.75) is 50.7 Å².